The van der Waals surface area contributed by atoms with Crippen LogP contribution in [0.25, 0.3) is 0 Å². The molecule has 6 nitrogen and oxygen atoms in total. The van der Waals surface area contributed by atoms with Gasteiger partial charge >= 0.3 is 0 Å². The highest BCUT2D eigenvalue weighted by Gasteiger charge is 2.13. The third-order valence-corrected chi connectivity index (χ3v) is 4.19. The van der Waals surface area contributed by atoms with Crippen LogP contribution < -0.4 is 9.47 Å². The molecular formula is C19H19ClFN3O3. The third kappa shape index (κ3) is 5.18. The van der Waals surface area contributed by atoms with E-state index in [0.29, 0.717) is 41.1 Å². The highest BCUT2D eigenvalue weighted by atomic mass is 35.5. The summed E-state index contributed by atoms with van der Waals surface area (Å²) >= 11 is 6.06. The van der Waals surface area contributed by atoms with Crippen molar-refractivity contribution < 1.29 is 18.4 Å². The lowest BCUT2D eigenvalue weighted by Crippen LogP contribution is -2.18. The standard InChI is InChI=1S/C19H19ClFN3O3/c1-24(10-15-16(20)4-3-5-17(15)21)11-19-22-18(23-27-19)12-26-14-8-6-13(25-2)7-9-14/h3-9H,10-12H2,1-2H3. The van der Waals surface area contributed by atoms with Gasteiger partial charge in [-0.25, -0.2) is 4.39 Å². The van der Waals surface area contributed by atoms with Gasteiger partial charge in [-0.1, -0.05) is 22.8 Å². The van der Waals surface area contributed by atoms with Crippen LogP contribution in [0.15, 0.2) is 47.0 Å². The summed E-state index contributed by atoms with van der Waals surface area (Å²) in [6.45, 7) is 0.866. The highest BCUT2D eigenvalue weighted by molar-refractivity contribution is 6.31. The quantitative estimate of drug-likeness (QED) is 0.576. The summed E-state index contributed by atoms with van der Waals surface area (Å²) < 4.78 is 29.8. The third-order valence-electron chi connectivity index (χ3n) is 3.83. The topological polar surface area (TPSA) is 60.6 Å². The molecule has 0 saturated heterocycles. The Morgan fingerprint density at radius 2 is 1.85 bits per heavy atom. The average Bonchev–Trinajstić information content (AvgIpc) is 3.11. The summed E-state index contributed by atoms with van der Waals surface area (Å²) in [5.41, 5.74) is 0.434. The van der Waals surface area contributed by atoms with E-state index in [2.05, 4.69) is 10.1 Å². The normalized spacial score (nSPS) is 11.0. The van der Waals surface area contributed by atoms with E-state index in [0.717, 1.165) is 5.75 Å². The molecule has 0 radical (unpaired) electrons. The lowest BCUT2D eigenvalue weighted by Gasteiger charge is -2.15. The van der Waals surface area contributed by atoms with E-state index in [1.54, 1.807) is 43.5 Å². The molecule has 0 saturated carbocycles. The molecule has 8 heteroatoms. The Bertz CT molecular complexity index is 866. The average molecular weight is 392 g/mol. The lowest BCUT2D eigenvalue weighted by atomic mass is 10.2. The van der Waals surface area contributed by atoms with Gasteiger partial charge in [-0.2, -0.15) is 4.98 Å². The van der Waals surface area contributed by atoms with Crippen molar-refractivity contribution in [2.24, 2.45) is 0 Å². The smallest absolute Gasteiger partial charge is 0.240 e. The predicted molar refractivity (Wildman–Crippen MR) is 98.2 cm³/mol. The number of ether oxygens (including phenoxy) is 2. The molecule has 0 fully saturated rings. The maximum atomic E-state index is 13.9. The van der Waals surface area contributed by atoms with E-state index in [-0.39, 0.29) is 12.4 Å². The van der Waals surface area contributed by atoms with Crippen molar-refractivity contribution in [1.29, 1.82) is 0 Å². The molecule has 0 aliphatic rings. The second kappa shape index (κ2) is 8.83. The zero-order valence-electron chi connectivity index (χ0n) is 15.0. The molecule has 0 atom stereocenters. The van der Waals surface area contributed by atoms with Crippen LogP contribution in [0.4, 0.5) is 4.39 Å². The minimum Gasteiger partial charge on any atom is -0.497 e. The molecule has 0 aliphatic heterocycles. The second-order valence-corrected chi connectivity index (χ2v) is 6.35. The first kappa shape index (κ1) is 19.1. The molecule has 3 aromatic rings. The summed E-state index contributed by atoms with van der Waals surface area (Å²) in [7, 11) is 3.42. The Morgan fingerprint density at radius 1 is 1.11 bits per heavy atom. The number of rotatable bonds is 8. The molecule has 3 rings (SSSR count). The van der Waals surface area contributed by atoms with Crippen molar-refractivity contribution in [1.82, 2.24) is 15.0 Å². The van der Waals surface area contributed by atoms with E-state index in [1.165, 1.54) is 6.07 Å². The Morgan fingerprint density at radius 3 is 2.56 bits per heavy atom. The van der Waals surface area contributed by atoms with E-state index < -0.39 is 0 Å². The number of benzene rings is 2. The Balaban J connectivity index is 1.54. The fourth-order valence-corrected chi connectivity index (χ4v) is 2.70. The van der Waals surface area contributed by atoms with Crippen LogP contribution >= 0.6 is 11.6 Å². The molecule has 0 bridgehead atoms. The Labute approximate surface area is 161 Å². The number of methoxy groups -OCH3 is 1. The van der Waals surface area contributed by atoms with Crippen LogP contribution in [0.3, 0.4) is 0 Å². The number of nitrogens with zero attached hydrogens (tertiary/aromatic N) is 3. The summed E-state index contributed by atoms with van der Waals surface area (Å²) in [4.78, 5) is 6.13. The van der Waals surface area contributed by atoms with Gasteiger partial charge in [0.25, 0.3) is 0 Å². The maximum absolute atomic E-state index is 13.9. The predicted octanol–water partition coefficient (Wildman–Crippen LogP) is 4.08. The molecule has 142 valence electrons. The summed E-state index contributed by atoms with van der Waals surface area (Å²) in [5.74, 6) is 1.93. The molecule has 0 unspecified atom stereocenters. The second-order valence-electron chi connectivity index (χ2n) is 5.94. The summed E-state index contributed by atoms with van der Waals surface area (Å²) in [6.07, 6.45) is 0. The molecule has 27 heavy (non-hydrogen) atoms. The monoisotopic (exact) mass is 391 g/mol. The van der Waals surface area contributed by atoms with Gasteiger partial charge in [0.05, 0.1) is 13.7 Å². The number of halogens is 2. The van der Waals surface area contributed by atoms with E-state index in [1.807, 2.05) is 11.9 Å². The Hall–Kier alpha value is -2.64. The van der Waals surface area contributed by atoms with Crippen molar-refractivity contribution in [3.05, 3.63) is 70.6 Å². The largest absolute Gasteiger partial charge is 0.497 e. The summed E-state index contributed by atoms with van der Waals surface area (Å²) in [5, 5.41) is 4.29. The van der Waals surface area contributed by atoms with Gasteiger partial charge in [-0.3, -0.25) is 4.90 Å². The first-order valence-corrected chi connectivity index (χ1v) is 8.62. The molecule has 1 aromatic heterocycles. The lowest BCUT2D eigenvalue weighted by molar-refractivity contribution is 0.254. The zero-order chi connectivity index (χ0) is 19.2. The fourth-order valence-electron chi connectivity index (χ4n) is 2.47. The molecular weight excluding hydrogens is 373 g/mol. The molecule has 0 aliphatic carbocycles. The van der Waals surface area contributed by atoms with Crippen LogP contribution in [0.2, 0.25) is 5.02 Å². The number of hydrogen-bond donors (Lipinski definition) is 0. The van der Waals surface area contributed by atoms with Crippen LogP contribution in [-0.4, -0.2) is 29.2 Å². The van der Waals surface area contributed by atoms with Crippen LogP contribution in [0.1, 0.15) is 17.3 Å². The Kier molecular flexibility index (Phi) is 6.26. The van der Waals surface area contributed by atoms with E-state index in [4.69, 9.17) is 25.6 Å². The van der Waals surface area contributed by atoms with Gasteiger partial charge in [-0.05, 0) is 43.4 Å². The zero-order valence-corrected chi connectivity index (χ0v) is 15.7. The molecule has 1 heterocycles. The van der Waals surface area contributed by atoms with Gasteiger partial charge in [0.15, 0.2) is 6.61 Å². The van der Waals surface area contributed by atoms with Gasteiger partial charge in [0.2, 0.25) is 11.7 Å². The minimum absolute atomic E-state index is 0.179. The van der Waals surface area contributed by atoms with E-state index >= 15 is 0 Å². The van der Waals surface area contributed by atoms with Crippen LogP contribution in [0, 0.1) is 5.82 Å². The molecule has 0 spiro atoms. The SMILES string of the molecule is COc1ccc(OCc2noc(CN(C)Cc3c(F)cccc3Cl)n2)cc1. The van der Waals surface area contributed by atoms with Gasteiger partial charge in [0, 0.05) is 17.1 Å². The van der Waals surface area contributed by atoms with Crippen LogP contribution in [-0.2, 0) is 19.7 Å². The van der Waals surface area contributed by atoms with Crippen molar-refractivity contribution in [3.8, 4) is 11.5 Å². The van der Waals surface area contributed by atoms with Crippen LogP contribution in [0.5, 0.6) is 11.5 Å². The number of hydrogen-bond acceptors (Lipinski definition) is 6. The molecule has 0 amide bonds. The maximum Gasteiger partial charge on any atom is 0.240 e. The van der Waals surface area contributed by atoms with Crippen molar-refractivity contribution >= 4 is 11.6 Å². The van der Waals surface area contributed by atoms with E-state index in [9.17, 15) is 4.39 Å². The fraction of sp³-hybridized carbons (Fsp3) is 0.263. The van der Waals surface area contributed by atoms with Crippen molar-refractivity contribution in [3.63, 3.8) is 0 Å². The van der Waals surface area contributed by atoms with Crippen molar-refractivity contribution in [2.45, 2.75) is 19.7 Å². The van der Waals surface area contributed by atoms with Gasteiger partial charge in [0.1, 0.15) is 17.3 Å². The molecule has 0 N–H and O–H groups in total. The van der Waals surface area contributed by atoms with Gasteiger partial charge < -0.3 is 14.0 Å². The van der Waals surface area contributed by atoms with Gasteiger partial charge in [-0.15, -0.1) is 0 Å². The summed E-state index contributed by atoms with van der Waals surface area (Å²) in [6, 6.07) is 11.8. The molecule has 2 aromatic carbocycles. The first-order chi connectivity index (χ1) is 13.0. The minimum atomic E-state index is -0.339. The first-order valence-electron chi connectivity index (χ1n) is 8.25. The number of aromatic nitrogens is 2. The van der Waals surface area contributed by atoms with Crippen molar-refractivity contribution in [2.75, 3.05) is 14.2 Å². The highest BCUT2D eigenvalue weighted by Crippen LogP contribution is 2.21.